The molecule has 30 heavy (non-hydrogen) atoms. The van der Waals surface area contributed by atoms with Crippen LogP contribution in [0.2, 0.25) is 0 Å². The minimum atomic E-state index is -3.38. The fourth-order valence-corrected chi connectivity index (χ4v) is 7.33. The predicted molar refractivity (Wildman–Crippen MR) is 111 cm³/mol. The molecule has 0 aromatic heterocycles. The van der Waals surface area contributed by atoms with E-state index in [1.165, 1.54) is 27.2 Å². The topological polar surface area (TPSA) is 140 Å². The highest BCUT2D eigenvalue weighted by Gasteiger charge is 2.60. The highest BCUT2D eigenvalue weighted by atomic mass is 32.2. The molecule has 10 nitrogen and oxygen atoms in total. The lowest BCUT2D eigenvalue weighted by Crippen LogP contribution is -2.63. The Kier molecular flexibility index (Phi) is 5.40. The van der Waals surface area contributed by atoms with Crippen LogP contribution in [0.3, 0.4) is 0 Å². The van der Waals surface area contributed by atoms with Crippen LogP contribution in [0.4, 0.5) is 0 Å². The van der Waals surface area contributed by atoms with Gasteiger partial charge in [0.05, 0.1) is 43.5 Å². The molecule has 0 bridgehead atoms. The summed E-state index contributed by atoms with van der Waals surface area (Å²) in [5.41, 5.74) is 0.0128. The summed E-state index contributed by atoms with van der Waals surface area (Å²) in [5.74, 6) is -1.75. The quantitative estimate of drug-likeness (QED) is 0.443. The van der Waals surface area contributed by atoms with Gasteiger partial charge in [0.1, 0.15) is 11.5 Å². The zero-order valence-electron chi connectivity index (χ0n) is 17.0. The lowest BCUT2D eigenvalue weighted by molar-refractivity contribution is -0.163. The van der Waals surface area contributed by atoms with Gasteiger partial charge in [-0.25, -0.2) is 13.2 Å². The summed E-state index contributed by atoms with van der Waals surface area (Å²) in [5, 5.41) is 23.0. The molecule has 0 aromatic carbocycles. The number of thioether (sulfide) groups is 1. The van der Waals surface area contributed by atoms with Gasteiger partial charge in [0.2, 0.25) is 15.9 Å². The molecule has 4 aliphatic rings. The first-order chi connectivity index (χ1) is 14.0. The van der Waals surface area contributed by atoms with E-state index < -0.39 is 28.0 Å². The van der Waals surface area contributed by atoms with E-state index in [0.29, 0.717) is 36.8 Å². The molecular formula is C18H26N4O6S2. The number of nitrogens with zero attached hydrogens (tertiary/aromatic N) is 3. The monoisotopic (exact) mass is 458 g/mol. The van der Waals surface area contributed by atoms with E-state index in [4.69, 9.17) is 0 Å². The van der Waals surface area contributed by atoms with Gasteiger partial charge in [0, 0.05) is 22.6 Å². The van der Waals surface area contributed by atoms with Crippen molar-refractivity contribution >= 4 is 39.5 Å². The normalized spacial score (nSPS) is 34.9. The van der Waals surface area contributed by atoms with Gasteiger partial charge in [0.25, 0.3) is 0 Å². The molecule has 0 aromatic rings. The Labute approximate surface area is 179 Å². The minimum absolute atomic E-state index is 0.0128. The number of carbonyl (C=O) groups is 2. The van der Waals surface area contributed by atoms with Crippen LogP contribution in [-0.4, -0.2) is 94.9 Å². The lowest BCUT2D eigenvalue weighted by atomic mass is 9.79. The van der Waals surface area contributed by atoms with Crippen LogP contribution < -0.4 is 5.32 Å². The van der Waals surface area contributed by atoms with Gasteiger partial charge in [0.15, 0.2) is 0 Å². The molecule has 3 unspecified atom stereocenters. The number of nitrogens with one attached hydrogen (secondary N) is 1. The van der Waals surface area contributed by atoms with Crippen molar-refractivity contribution in [2.75, 3.05) is 25.9 Å². The number of aliphatic imine (C=N–C) groups is 1. The fraction of sp³-hybridized carbons (Fsp3) is 0.722. The molecule has 166 valence electrons. The summed E-state index contributed by atoms with van der Waals surface area (Å²) in [6, 6.07) is -0.551. The van der Waals surface area contributed by atoms with Crippen molar-refractivity contribution in [1.29, 1.82) is 0 Å². The highest BCUT2D eigenvalue weighted by molar-refractivity contribution is 8.03. The Hall–Kier alpha value is -1.63. The van der Waals surface area contributed by atoms with Crippen molar-refractivity contribution in [2.24, 2.45) is 16.8 Å². The summed E-state index contributed by atoms with van der Waals surface area (Å²) in [4.78, 5) is 30.7. The number of fused-ring (bicyclic) bond motifs is 1. The number of carboxylic acids is 1. The number of carbonyl (C=O) groups excluding carboxylic acids is 1. The molecule has 0 spiro atoms. The second kappa shape index (κ2) is 7.50. The maximum absolute atomic E-state index is 12.5. The van der Waals surface area contributed by atoms with Gasteiger partial charge in [-0.3, -0.25) is 14.1 Å². The second-order valence-corrected chi connectivity index (χ2v) is 11.5. The molecule has 0 radical (unpaired) electrons. The number of hydrogen-bond acceptors (Lipinski definition) is 8. The SMILES string of the molecule is C[C@@H](O)C1C(=O)N2C(C(=O)O)=C(S[C@@H]3CNC(C4=NCCN4S(C)(=O)=O)C3)[C@H](C)C12. The molecule has 3 N–H and O–H groups in total. The van der Waals surface area contributed by atoms with Gasteiger partial charge in [-0.1, -0.05) is 6.92 Å². The first-order valence-corrected chi connectivity index (χ1v) is 12.7. The number of hydrogen-bond donors (Lipinski definition) is 3. The molecule has 4 heterocycles. The first-order valence-electron chi connectivity index (χ1n) is 9.93. The fourth-order valence-electron chi connectivity index (χ4n) is 4.92. The summed E-state index contributed by atoms with van der Waals surface area (Å²) < 4.78 is 25.3. The average molecular weight is 459 g/mol. The third kappa shape index (κ3) is 3.33. The molecule has 12 heteroatoms. The summed E-state index contributed by atoms with van der Waals surface area (Å²) in [7, 11) is -3.38. The second-order valence-electron chi connectivity index (χ2n) is 8.28. The molecule has 6 atom stereocenters. The Morgan fingerprint density at radius 1 is 1.40 bits per heavy atom. The van der Waals surface area contributed by atoms with Gasteiger partial charge in [-0.15, -0.1) is 11.8 Å². The van der Waals surface area contributed by atoms with Gasteiger partial charge >= 0.3 is 5.97 Å². The van der Waals surface area contributed by atoms with E-state index >= 15 is 0 Å². The Morgan fingerprint density at radius 3 is 2.70 bits per heavy atom. The van der Waals surface area contributed by atoms with Crippen molar-refractivity contribution in [3.63, 3.8) is 0 Å². The van der Waals surface area contributed by atoms with Crippen LogP contribution in [0.25, 0.3) is 0 Å². The molecule has 2 fully saturated rings. The van der Waals surface area contributed by atoms with E-state index in [1.54, 1.807) is 6.92 Å². The van der Waals surface area contributed by atoms with Crippen LogP contribution in [0.5, 0.6) is 0 Å². The van der Waals surface area contributed by atoms with Gasteiger partial charge in [-0.2, -0.15) is 0 Å². The van der Waals surface area contributed by atoms with E-state index in [2.05, 4.69) is 10.3 Å². The number of aliphatic carboxylic acids is 1. The highest BCUT2D eigenvalue weighted by Crippen LogP contribution is 2.51. The maximum Gasteiger partial charge on any atom is 0.353 e. The van der Waals surface area contributed by atoms with Crippen LogP contribution >= 0.6 is 11.8 Å². The first kappa shape index (κ1) is 21.6. The molecule has 2 saturated heterocycles. The summed E-state index contributed by atoms with van der Waals surface area (Å²) >= 11 is 1.43. The standard InChI is InChI=1S/C18H26N4O6S2/c1-8-13-12(9(2)23)17(24)22(13)14(18(25)26)15(8)29-10-6-11(20-7-10)16-19-4-5-21(16)30(3,27)28/h8-13,20,23H,4-7H2,1-3H3,(H,25,26)/t8-,9-,10+,11?,12?,13?/m1/s1. The smallest absolute Gasteiger partial charge is 0.353 e. The Balaban J connectivity index is 1.51. The molecule has 4 rings (SSSR count). The Bertz CT molecular complexity index is 946. The van der Waals surface area contributed by atoms with Crippen LogP contribution in [-0.2, 0) is 19.6 Å². The van der Waals surface area contributed by atoms with E-state index in [1.807, 2.05) is 6.92 Å². The summed E-state index contributed by atoms with van der Waals surface area (Å²) in [6.07, 6.45) is 0.941. The number of β-lactam (4-membered cyclic amide) rings is 1. The van der Waals surface area contributed by atoms with Gasteiger partial charge < -0.3 is 20.4 Å². The predicted octanol–water partition coefficient (Wildman–Crippen LogP) is -0.722. The molecule has 0 saturated carbocycles. The number of carboxylic acid groups (broad SMARTS) is 1. The zero-order chi connectivity index (χ0) is 22.0. The number of aliphatic hydroxyl groups excluding tert-OH is 1. The van der Waals surface area contributed by atoms with Gasteiger partial charge in [-0.05, 0) is 13.3 Å². The molecule has 4 aliphatic heterocycles. The number of aliphatic hydroxyl groups is 1. The number of amides is 1. The van der Waals surface area contributed by atoms with Crippen molar-refractivity contribution in [3.05, 3.63) is 10.6 Å². The van der Waals surface area contributed by atoms with Crippen molar-refractivity contribution < 1.29 is 28.2 Å². The van der Waals surface area contributed by atoms with E-state index in [-0.39, 0.29) is 34.9 Å². The van der Waals surface area contributed by atoms with E-state index in [0.717, 1.165) is 0 Å². The average Bonchev–Trinajstić information content (AvgIpc) is 3.32. The number of sulfonamides is 1. The van der Waals surface area contributed by atoms with Crippen LogP contribution in [0, 0.1) is 11.8 Å². The third-order valence-electron chi connectivity index (χ3n) is 6.24. The molecule has 1 amide bonds. The van der Waals surface area contributed by atoms with Crippen LogP contribution in [0.15, 0.2) is 15.6 Å². The summed E-state index contributed by atoms with van der Waals surface area (Å²) in [6.45, 7) is 4.80. The number of rotatable bonds is 6. The largest absolute Gasteiger partial charge is 0.477 e. The minimum Gasteiger partial charge on any atom is -0.477 e. The maximum atomic E-state index is 12.5. The molecule has 0 aliphatic carbocycles. The Morgan fingerprint density at radius 2 is 2.10 bits per heavy atom. The van der Waals surface area contributed by atoms with Crippen molar-refractivity contribution in [1.82, 2.24) is 14.5 Å². The van der Waals surface area contributed by atoms with Crippen molar-refractivity contribution in [2.45, 2.75) is 43.7 Å². The van der Waals surface area contributed by atoms with Crippen molar-refractivity contribution in [3.8, 4) is 0 Å². The van der Waals surface area contributed by atoms with Crippen LogP contribution in [0.1, 0.15) is 20.3 Å². The zero-order valence-corrected chi connectivity index (χ0v) is 18.6. The van der Waals surface area contributed by atoms with E-state index in [9.17, 15) is 28.2 Å². The molecular weight excluding hydrogens is 432 g/mol. The third-order valence-corrected chi connectivity index (χ3v) is 8.92. The lowest BCUT2D eigenvalue weighted by Gasteiger charge is -2.46. The number of amidine groups is 1.